The van der Waals surface area contributed by atoms with Crippen LogP contribution < -0.4 is 9.47 Å². The van der Waals surface area contributed by atoms with Gasteiger partial charge in [0.1, 0.15) is 11.5 Å². The van der Waals surface area contributed by atoms with Gasteiger partial charge in [0, 0.05) is 18.7 Å². The van der Waals surface area contributed by atoms with E-state index in [1.807, 2.05) is 12.1 Å². The molecule has 1 saturated heterocycles. The van der Waals surface area contributed by atoms with Crippen LogP contribution in [0.5, 0.6) is 11.5 Å². The van der Waals surface area contributed by atoms with E-state index in [9.17, 15) is 4.79 Å². The molecular weight excluding hydrogens is 390 g/mol. The van der Waals surface area contributed by atoms with Crippen LogP contribution in [0.25, 0.3) is 11.5 Å². The lowest BCUT2D eigenvalue weighted by Gasteiger charge is -2.44. The van der Waals surface area contributed by atoms with Crippen LogP contribution in [-0.4, -0.2) is 53.6 Å². The molecular formula is C21H27N3O4S. The lowest BCUT2D eigenvalue weighted by molar-refractivity contribution is -0.134. The van der Waals surface area contributed by atoms with Crippen molar-refractivity contribution in [2.24, 2.45) is 5.92 Å². The molecule has 156 valence electrons. The Morgan fingerprint density at radius 3 is 2.83 bits per heavy atom. The smallest absolute Gasteiger partial charge is 0.277 e. The van der Waals surface area contributed by atoms with Crippen LogP contribution in [0.4, 0.5) is 0 Å². The molecule has 8 heteroatoms. The second-order valence-corrected chi connectivity index (χ2v) is 8.50. The Morgan fingerprint density at radius 1 is 1.17 bits per heavy atom. The van der Waals surface area contributed by atoms with E-state index in [1.54, 1.807) is 20.3 Å². The molecule has 1 aromatic carbocycles. The zero-order valence-corrected chi connectivity index (χ0v) is 17.7. The minimum Gasteiger partial charge on any atom is -0.497 e. The highest BCUT2D eigenvalue weighted by molar-refractivity contribution is 7.99. The highest BCUT2D eigenvalue weighted by Gasteiger charge is 2.35. The van der Waals surface area contributed by atoms with Gasteiger partial charge in [-0.15, -0.1) is 10.2 Å². The molecule has 2 aliphatic rings. The third kappa shape index (κ3) is 4.37. The van der Waals surface area contributed by atoms with Gasteiger partial charge in [-0.2, -0.15) is 0 Å². The van der Waals surface area contributed by atoms with Crippen LogP contribution in [0.3, 0.4) is 0 Å². The largest absolute Gasteiger partial charge is 0.497 e. The number of amides is 1. The van der Waals surface area contributed by atoms with Crippen molar-refractivity contribution in [3.8, 4) is 23.0 Å². The summed E-state index contributed by atoms with van der Waals surface area (Å²) in [6.45, 7) is 0.874. The molecule has 1 aromatic heterocycles. The third-order valence-corrected chi connectivity index (χ3v) is 6.73. The Morgan fingerprint density at radius 2 is 2.00 bits per heavy atom. The number of nitrogens with zero attached hydrogens (tertiary/aromatic N) is 3. The Balaban J connectivity index is 1.40. The first-order valence-corrected chi connectivity index (χ1v) is 11.2. The standard InChI is InChI=1S/C21H27N3O4S/c1-26-15-9-10-16(18(12-15)27-2)20-22-23-21(28-20)29-13-19(25)24-11-5-7-14-6-3-4-8-17(14)24/h9-10,12,14,17H,3-8,11,13H2,1-2H3. The predicted octanol–water partition coefficient (Wildman–Crippen LogP) is 4.03. The number of piperidine rings is 1. The number of thioether (sulfide) groups is 1. The molecule has 1 amide bonds. The molecule has 0 bridgehead atoms. The van der Waals surface area contributed by atoms with Crippen molar-refractivity contribution in [3.05, 3.63) is 18.2 Å². The summed E-state index contributed by atoms with van der Waals surface area (Å²) in [7, 11) is 3.19. The molecule has 2 unspecified atom stereocenters. The number of methoxy groups -OCH3 is 2. The number of fused-ring (bicyclic) bond motifs is 1. The maximum absolute atomic E-state index is 12.9. The third-order valence-electron chi connectivity index (χ3n) is 5.93. The van der Waals surface area contributed by atoms with E-state index in [2.05, 4.69) is 15.1 Å². The summed E-state index contributed by atoms with van der Waals surface area (Å²) in [6.07, 6.45) is 7.31. The molecule has 4 rings (SSSR count). The Labute approximate surface area is 175 Å². The van der Waals surface area contributed by atoms with Gasteiger partial charge in [-0.3, -0.25) is 4.79 Å². The fraction of sp³-hybridized carbons (Fsp3) is 0.571. The zero-order valence-electron chi connectivity index (χ0n) is 16.9. The van der Waals surface area contributed by atoms with E-state index in [0.717, 1.165) is 19.4 Å². The molecule has 0 radical (unpaired) electrons. The van der Waals surface area contributed by atoms with Crippen molar-refractivity contribution in [2.75, 3.05) is 26.5 Å². The van der Waals surface area contributed by atoms with Crippen molar-refractivity contribution in [1.29, 1.82) is 0 Å². The molecule has 2 aromatic rings. The lowest BCUT2D eigenvalue weighted by atomic mass is 9.78. The van der Waals surface area contributed by atoms with Crippen LogP contribution in [0.1, 0.15) is 38.5 Å². The van der Waals surface area contributed by atoms with Crippen LogP contribution in [-0.2, 0) is 4.79 Å². The summed E-state index contributed by atoms with van der Waals surface area (Å²) in [6, 6.07) is 5.83. The lowest BCUT2D eigenvalue weighted by Crippen LogP contribution is -2.50. The quantitative estimate of drug-likeness (QED) is 0.657. The molecule has 1 aliphatic heterocycles. The molecule has 29 heavy (non-hydrogen) atoms. The second-order valence-electron chi connectivity index (χ2n) is 7.57. The normalized spacial score (nSPS) is 21.5. The van der Waals surface area contributed by atoms with E-state index in [1.165, 1.54) is 37.4 Å². The maximum Gasteiger partial charge on any atom is 0.277 e. The van der Waals surface area contributed by atoms with Gasteiger partial charge in [0.25, 0.3) is 11.1 Å². The summed E-state index contributed by atoms with van der Waals surface area (Å²) in [5.41, 5.74) is 0.694. The van der Waals surface area contributed by atoms with Gasteiger partial charge in [0.2, 0.25) is 5.91 Å². The average Bonchev–Trinajstić information content (AvgIpc) is 3.25. The van der Waals surface area contributed by atoms with Gasteiger partial charge in [-0.1, -0.05) is 24.6 Å². The number of ether oxygens (including phenoxy) is 2. The van der Waals surface area contributed by atoms with Gasteiger partial charge in [0.15, 0.2) is 0 Å². The van der Waals surface area contributed by atoms with Crippen molar-refractivity contribution in [3.63, 3.8) is 0 Å². The van der Waals surface area contributed by atoms with Crippen LogP contribution in [0.15, 0.2) is 27.8 Å². The number of hydrogen-bond acceptors (Lipinski definition) is 7. The summed E-state index contributed by atoms with van der Waals surface area (Å²) in [4.78, 5) is 15.0. The molecule has 0 N–H and O–H groups in total. The molecule has 2 atom stereocenters. The van der Waals surface area contributed by atoms with Gasteiger partial charge in [-0.05, 0) is 43.7 Å². The molecule has 0 spiro atoms. The summed E-state index contributed by atoms with van der Waals surface area (Å²) >= 11 is 1.30. The fourth-order valence-corrected chi connectivity index (χ4v) is 5.14. The molecule has 1 saturated carbocycles. The highest BCUT2D eigenvalue weighted by Crippen LogP contribution is 2.36. The van der Waals surface area contributed by atoms with E-state index >= 15 is 0 Å². The van der Waals surface area contributed by atoms with E-state index < -0.39 is 0 Å². The minimum absolute atomic E-state index is 0.174. The first-order chi connectivity index (χ1) is 14.2. The maximum atomic E-state index is 12.9. The molecule has 7 nitrogen and oxygen atoms in total. The summed E-state index contributed by atoms with van der Waals surface area (Å²) in [5.74, 6) is 2.83. The Kier molecular flexibility index (Phi) is 6.28. The monoisotopic (exact) mass is 417 g/mol. The number of likely N-dealkylation sites (tertiary alicyclic amines) is 1. The van der Waals surface area contributed by atoms with Gasteiger partial charge in [0.05, 0.1) is 25.5 Å². The minimum atomic E-state index is 0.174. The molecule has 1 aliphatic carbocycles. The van der Waals surface area contributed by atoms with E-state index in [-0.39, 0.29) is 5.91 Å². The molecule has 2 fully saturated rings. The fourth-order valence-electron chi connectivity index (χ4n) is 4.49. The summed E-state index contributed by atoms with van der Waals surface area (Å²) in [5, 5.41) is 8.61. The highest BCUT2D eigenvalue weighted by atomic mass is 32.2. The Hall–Kier alpha value is -2.22. The van der Waals surface area contributed by atoms with Gasteiger partial charge in [-0.25, -0.2) is 0 Å². The number of carbonyl (C=O) groups excluding carboxylic acids is 1. The topological polar surface area (TPSA) is 77.7 Å². The van der Waals surface area contributed by atoms with Crippen molar-refractivity contribution >= 4 is 17.7 Å². The summed E-state index contributed by atoms with van der Waals surface area (Å²) < 4.78 is 16.4. The first kappa shape index (κ1) is 20.1. The zero-order chi connectivity index (χ0) is 20.2. The number of benzene rings is 1. The SMILES string of the molecule is COc1ccc(-c2nnc(SCC(=O)N3CCCC4CCCCC43)o2)c(OC)c1. The van der Waals surface area contributed by atoms with E-state index in [4.69, 9.17) is 13.9 Å². The Bertz CT molecular complexity index is 854. The number of rotatable bonds is 6. The van der Waals surface area contributed by atoms with Gasteiger partial charge >= 0.3 is 0 Å². The predicted molar refractivity (Wildman–Crippen MR) is 110 cm³/mol. The van der Waals surface area contributed by atoms with Crippen LogP contribution >= 0.6 is 11.8 Å². The van der Waals surface area contributed by atoms with Crippen LogP contribution in [0, 0.1) is 5.92 Å². The number of carbonyl (C=O) groups is 1. The van der Waals surface area contributed by atoms with E-state index in [0.29, 0.717) is 45.9 Å². The van der Waals surface area contributed by atoms with Crippen molar-refractivity contribution < 1.29 is 18.7 Å². The first-order valence-electron chi connectivity index (χ1n) is 10.2. The number of aromatic nitrogens is 2. The van der Waals surface area contributed by atoms with Crippen molar-refractivity contribution in [1.82, 2.24) is 15.1 Å². The molecule has 2 heterocycles. The van der Waals surface area contributed by atoms with Gasteiger partial charge < -0.3 is 18.8 Å². The van der Waals surface area contributed by atoms with Crippen molar-refractivity contribution in [2.45, 2.75) is 49.8 Å². The number of hydrogen-bond donors (Lipinski definition) is 0. The second kappa shape index (κ2) is 9.07. The average molecular weight is 418 g/mol. The van der Waals surface area contributed by atoms with Crippen LogP contribution in [0.2, 0.25) is 0 Å².